The van der Waals surface area contributed by atoms with Gasteiger partial charge in [0.1, 0.15) is 0 Å². The summed E-state index contributed by atoms with van der Waals surface area (Å²) in [6.45, 7) is 2.97. The molecule has 0 saturated carbocycles. The molecule has 2 amide bonds. The van der Waals surface area contributed by atoms with E-state index >= 15 is 0 Å². The Morgan fingerprint density at radius 1 is 1.27 bits per heavy atom. The highest BCUT2D eigenvalue weighted by Gasteiger charge is 2.30. The van der Waals surface area contributed by atoms with E-state index in [2.05, 4.69) is 10.6 Å². The fraction of sp³-hybridized carbons (Fsp3) is 0.600. The van der Waals surface area contributed by atoms with Crippen LogP contribution >= 0.6 is 0 Å². The van der Waals surface area contributed by atoms with Crippen molar-refractivity contribution in [2.45, 2.75) is 37.8 Å². The van der Waals surface area contributed by atoms with Gasteiger partial charge in [-0.15, -0.1) is 0 Å². The standard InChI is InChI=1S/C20H29N3O3/c1-26-18(16-8-3-2-4-9-16)20(25)23-12-6-7-15(14-23)13-22-19(24)17-10-5-11-21-17/h2-4,8-9,15,17-18,21H,5-7,10-14H2,1H3,(H,22,24). The maximum atomic E-state index is 12.9. The molecule has 0 radical (unpaired) electrons. The van der Waals surface area contributed by atoms with Crippen LogP contribution in [0.15, 0.2) is 30.3 Å². The van der Waals surface area contributed by atoms with E-state index in [-0.39, 0.29) is 17.9 Å². The topological polar surface area (TPSA) is 70.7 Å². The van der Waals surface area contributed by atoms with Gasteiger partial charge in [-0.25, -0.2) is 0 Å². The minimum absolute atomic E-state index is 0.00665. The number of carbonyl (C=O) groups is 2. The third kappa shape index (κ3) is 4.62. The van der Waals surface area contributed by atoms with Crippen LogP contribution in [0.4, 0.5) is 0 Å². The van der Waals surface area contributed by atoms with E-state index < -0.39 is 6.10 Å². The molecule has 2 saturated heterocycles. The zero-order chi connectivity index (χ0) is 18.4. The van der Waals surface area contributed by atoms with Gasteiger partial charge in [-0.1, -0.05) is 30.3 Å². The van der Waals surface area contributed by atoms with Crippen molar-refractivity contribution in [1.29, 1.82) is 0 Å². The average molecular weight is 359 g/mol. The average Bonchev–Trinajstić information content (AvgIpc) is 3.23. The summed E-state index contributed by atoms with van der Waals surface area (Å²) in [5.41, 5.74) is 0.878. The predicted octanol–water partition coefficient (Wildman–Crippen LogP) is 1.48. The van der Waals surface area contributed by atoms with Gasteiger partial charge in [0, 0.05) is 26.7 Å². The molecule has 3 unspecified atom stereocenters. The van der Waals surface area contributed by atoms with E-state index in [4.69, 9.17) is 4.74 Å². The van der Waals surface area contributed by atoms with Gasteiger partial charge in [0.15, 0.2) is 6.10 Å². The molecule has 2 heterocycles. The second-order valence-electron chi connectivity index (χ2n) is 7.21. The molecule has 6 heteroatoms. The number of ether oxygens (including phenoxy) is 1. The number of nitrogens with zero attached hydrogens (tertiary/aromatic N) is 1. The minimum Gasteiger partial charge on any atom is -0.367 e. The molecule has 2 aliphatic heterocycles. The van der Waals surface area contributed by atoms with Gasteiger partial charge >= 0.3 is 0 Å². The monoisotopic (exact) mass is 359 g/mol. The number of benzene rings is 1. The molecule has 3 rings (SSSR count). The molecule has 26 heavy (non-hydrogen) atoms. The lowest BCUT2D eigenvalue weighted by molar-refractivity contribution is -0.144. The van der Waals surface area contributed by atoms with Crippen molar-refractivity contribution in [3.8, 4) is 0 Å². The van der Waals surface area contributed by atoms with Crippen molar-refractivity contribution in [2.24, 2.45) is 5.92 Å². The SMILES string of the molecule is COC(C(=O)N1CCCC(CNC(=O)C2CCCN2)C1)c1ccccc1. The lowest BCUT2D eigenvalue weighted by Gasteiger charge is -2.35. The summed E-state index contributed by atoms with van der Waals surface area (Å²) in [4.78, 5) is 27.0. The van der Waals surface area contributed by atoms with Gasteiger partial charge in [0.2, 0.25) is 5.91 Å². The minimum atomic E-state index is -0.563. The van der Waals surface area contributed by atoms with E-state index in [1.54, 1.807) is 7.11 Å². The number of hydrogen-bond acceptors (Lipinski definition) is 4. The van der Waals surface area contributed by atoms with Crippen molar-refractivity contribution < 1.29 is 14.3 Å². The van der Waals surface area contributed by atoms with Gasteiger partial charge in [-0.3, -0.25) is 9.59 Å². The number of piperidine rings is 1. The van der Waals surface area contributed by atoms with E-state index in [1.165, 1.54) is 0 Å². The Hall–Kier alpha value is -1.92. The highest BCUT2D eigenvalue weighted by molar-refractivity contribution is 5.83. The molecule has 2 fully saturated rings. The molecule has 2 N–H and O–H groups in total. The number of amides is 2. The summed E-state index contributed by atoms with van der Waals surface area (Å²) in [6.07, 6.45) is 3.40. The van der Waals surface area contributed by atoms with E-state index in [9.17, 15) is 9.59 Å². The summed E-state index contributed by atoms with van der Waals surface area (Å²) in [5.74, 6) is 0.392. The molecular weight excluding hydrogens is 330 g/mol. The molecule has 0 spiro atoms. The maximum Gasteiger partial charge on any atom is 0.256 e. The van der Waals surface area contributed by atoms with Crippen molar-refractivity contribution in [1.82, 2.24) is 15.5 Å². The summed E-state index contributed by atoms with van der Waals surface area (Å²) >= 11 is 0. The highest BCUT2D eigenvalue weighted by Crippen LogP contribution is 2.23. The fourth-order valence-corrected chi connectivity index (χ4v) is 3.88. The zero-order valence-corrected chi connectivity index (χ0v) is 15.4. The largest absolute Gasteiger partial charge is 0.367 e. The number of likely N-dealkylation sites (tertiary alicyclic amines) is 1. The molecular formula is C20H29N3O3. The Labute approximate surface area is 155 Å². The lowest BCUT2D eigenvalue weighted by Crippen LogP contribution is -2.47. The first-order chi connectivity index (χ1) is 12.7. The number of carbonyl (C=O) groups excluding carboxylic acids is 2. The number of hydrogen-bond donors (Lipinski definition) is 2. The Balaban J connectivity index is 1.53. The second-order valence-corrected chi connectivity index (χ2v) is 7.21. The zero-order valence-electron chi connectivity index (χ0n) is 15.4. The van der Waals surface area contributed by atoms with Crippen LogP contribution < -0.4 is 10.6 Å². The molecule has 1 aromatic carbocycles. The molecule has 1 aromatic rings. The fourth-order valence-electron chi connectivity index (χ4n) is 3.88. The van der Waals surface area contributed by atoms with Gasteiger partial charge < -0.3 is 20.3 Å². The van der Waals surface area contributed by atoms with Crippen molar-refractivity contribution in [3.63, 3.8) is 0 Å². The van der Waals surface area contributed by atoms with Crippen molar-refractivity contribution in [3.05, 3.63) is 35.9 Å². The van der Waals surface area contributed by atoms with Crippen LogP contribution in [0, 0.1) is 5.92 Å². The van der Waals surface area contributed by atoms with Crippen LogP contribution in [0.3, 0.4) is 0 Å². The first kappa shape index (κ1) is 18.9. The smallest absolute Gasteiger partial charge is 0.256 e. The highest BCUT2D eigenvalue weighted by atomic mass is 16.5. The molecule has 3 atom stereocenters. The maximum absolute atomic E-state index is 12.9. The quantitative estimate of drug-likeness (QED) is 0.807. The van der Waals surface area contributed by atoms with Crippen LogP contribution in [0.1, 0.15) is 37.4 Å². The lowest BCUT2D eigenvalue weighted by atomic mass is 9.96. The molecule has 0 aromatic heterocycles. The first-order valence-corrected chi connectivity index (χ1v) is 9.56. The van der Waals surface area contributed by atoms with E-state index in [1.807, 2.05) is 35.2 Å². The van der Waals surface area contributed by atoms with Crippen molar-refractivity contribution in [2.75, 3.05) is 33.3 Å². The number of rotatable bonds is 6. The van der Waals surface area contributed by atoms with Crippen LogP contribution in [-0.2, 0) is 14.3 Å². The van der Waals surface area contributed by atoms with Crippen LogP contribution in [0.5, 0.6) is 0 Å². The van der Waals surface area contributed by atoms with Crippen molar-refractivity contribution >= 4 is 11.8 Å². The third-order valence-corrected chi connectivity index (χ3v) is 5.33. The number of nitrogens with one attached hydrogen (secondary N) is 2. The molecule has 0 bridgehead atoms. The molecule has 142 valence electrons. The summed E-state index contributed by atoms with van der Waals surface area (Å²) in [6, 6.07) is 9.55. The Bertz CT molecular complexity index is 602. The van der Waals surface area contributed by atoms with Gasteiger partial charge in [0.05, 0.1) is 6.04 Å². The molecule has 2 aliphatic rings. The van der Waals surface area contributed by atoms with Gasteiger partial charge in [-0.2, -0.15) is 0 Å². The number of methoxy groups -OCH3 is 1. The summed E-state index contributed by atoms with van der Waals surface area (Å²) in [7, 11) is 1.58. The van der Waals surface area contributed by atoms with Crippen LogP contribution in [-0.4, -0.2) is 56.0 Å². The normalized spacial score (nSPS) is 24.3. The predicted molar refractivity (Wildman–Crippen MR) is 99.5 cm³/mol. The Morgan fingerprint density at radius 3 is 2.77 bits per heavy atom. The summed E-state index contributed by atoms with van der Waals surface area (Å²) < 4.78 is 5.48. The second kappa shape index (κ2) is 9.14. The third-order valence-electron chi connectivity index (χ3n) is 5.33. The Kier molecular flexibility index (Phi) is 6.63. The van der Waals surface area contributed by atoms with Crippen LogP contribution in [0.2, 0.25) is 0 Å². The first-order valence-electron chi connectivity index (χ1n) is 9.56. The Morgan fingerprint density at radius 2 is 2.08 bits per heavy atom. The van der Waals surface area contributed by atoms with Gasteiger partial charge in [-0.05, 0) is 43.7 Å². The molecule has 0 aliphatic carbocycles. The van der Waals surface area contributed by atoms with Crippen LogP contribution in [0.25, 0.3) is 0 Å². The summed E-state index contributed by atoms with van der Waals surface area (Å²) in [5, 5.41) is 6.28. The molecule has 6 nitrogen and oxygen atoms in total. The van der Waals surface area contributed by atoms with E-state index in [0.29, 0.717) is 19.0 Å². The van der Waals surface area contributed by atoms with E-state index in [0.717, 1.165) is 44.3 Å². The van der Waals surface area contributed by atoms with Gasteiger partial charge in [0.25, 0.3) is 5.91 Å².